The predicted molar refractivity (Wildman–Crippen MR) is 165 cm³/mol. The fraction of sp³-hybridized carbons (Fsp3) is 0.323. The monoisotopic (exact) mass is 596 g/mol. The van der Waals surface area contributed by atoms with Crippen molar-refractivity contribution in [2.75, 3.05) is 29.9 Å². The number of anilines is 1. The number of aryl methyl sites for hydroxylation is 1. The van der Waals surface area contributed by atoms with E-state index >= 15 is 0 Å². The summed E-state index contributed by atoms with van der Waals surface area (Å²) >= 11 is 0. The van der Waals surface area contributed by atoms with E-state index in [4.69, 9.17) is 4.42 Å². The molecule has 1 aromatic heterocycles. The van der Waals surface area contributed by atoms with Crippen molar-refractivity contribution in [3.63, 3.8) is 0 Å². The molecule has 0 radical (unpaired) electrons. The van der Waals surface area contributed by atoms with Crippen LogP contribution in [0.5, 0.6) is 0 Å². The highest BCUT2D eigenvalue weighted by Crippen LogP contribution is 2.42. The van der Waals surface area contributed by atoms with Gasteiger partial charge in [-0.15, -0.1) is 0 Å². The summed E-state index contributed by atoms with van der Waals surface area (Å²) in [7, 11) is -7.44. The van der Waals surface area contributed by atoms with E-state index in [0.717, 1.165) is 29.2 Å². The Bertz CT molecular complexity index is 1780. The molecule has 10 heteroatoms. The molecule has 0 saturated carbocycles. The van der Waals surface area contributed by atoms with Crippen molar-refractivity contribution in [1.82, 2.24) is 4.31 Å². The first kappa shape index (κ1) is 30.5. The van der Waals surface area contributed by atoms with Crippen LogP contribution >= 0.6 is 0 Å². The smallest absolute Gasteiger partial charge is 0.232 e. The fourth-order valence-corrected chi connectivity index (χ4v) is 7.11. The number of furan rings is 1. The summed E-state index contributed by atoms with van der Waals surface area (Å²) in [5.41, 5.74) is 4.29. The fourth-order valence-electron chi connectivity index (χ4n) is 5.01. The quantitative estimate of drug-likeness (QED) is 0.194. The van der Waals surface area contributed by atoms with Crippen LogP contribution in [0, 0.1) is 6.92 Å². The van der Waals surface area contributed by atoms with E-state index in [2.05, 4.69) is 0 Å². The van der Waals surface area contributed by atoms with Crippen molar-refractivity contribution >= 4 is 42.5 Å². The molecule has 3 aromatic carbocycles. The predicted octanol–water partition coefficient (Wildman–Crippen LogP) is 6.10. The van der Waals surface area contributed by atoms with Crippen LogP contribution in [0.15, 0.2) is 71.1 Å². The highest BCUT2D eigenvalue weighted by atomic mass is 32.2. The summed E-state index contributed by atoms with van der Waals surface area (Å²) in [6, 6.07) is 20.1. The molecule has 1 heterocycles. The Morgan fingerprint density at radius 3 is 2.02 bits per heavy atom. The van der Waals surface area contributed by atoms with Crippen molar-refractivity contribution in [2.24, 2.45) is 0 Å². The second-order valence-electron chi connectivity index (χ2n) is 10.5. The Hall–Kier alpha value is -3.47. The van der Waals surface area contributed by atoms with Gasteiger partial charge in [0.25, 0.3) is 0 Å². The highest BCUT2D eigenvalue weighted by molar-refractivity contribution is 7.92. The number of nitrogens with zero attached hydrogens (tertiary/aromatic N) is 2. The molecule has 0 unspecified atom stereocenters. The van der Waals surface area contributed by atoms with Crippen LogP contribution in [-0.4, -0.2) is 58.6 Å². The third-order valence-electron chi connectivity index (χ3n) is 7.00. The van der Waals surface area contributed by atoms with Gasteiger partial charge in [-0.2, -0.15) is 4.31 Å². The molecule has 4 rings (SSSR count). The molecule has 0 aliphatic heterocycles. The third-order valence-corrected chi connectivity index (χ3v) is 9.64. The van der Waals surface area contributed by atoms with Crippen molar-refractivity contribution < 1.29 is 26.0 Å². The average Bonchev–Trinajstić information content (AvgIpc) is 3.27. The molecule has 41 heavy (non-hydrogen) atoms. The number of carbonyl (C=O) groups is 1. The summed E-state index contributed by atoms with van der Waals surface area (Å²) in [4.78, 5) is 13.3. The zero-order valence-corrected chi connectivity index (χ0v) is 25.8. The molecule has 0 spiro atoms. The molecule has 4 aromatic rings. The van der Waals surface area contributed by atoms with E-state index in [1.54, 1.807) is 32.9 Å². The molecule has 0 aliphatic carbocycles. The van der Waals surface area contributed by atoms with Crippen LogP contribution in [0.4, 0.5) is 5.69 Å². The Kier molecular flexibility index (Phi) is 8.77. The van der Waals surface area contributed by atoms with Gasteiger partial charge < -0.3 is 4.42 Å². The second-order valence-corrected chi connectivity index (χ2v) is 14.3. The van der Waals surface area contributed by atoms with Crippen LogP contribution in [-0.2, 0) is 20.0 Å². The SMILES string of the molecule is CCC(=O)c1c(-c2ccc(C)cc2)oc2cc(N(CCN(C(C)C)S(C)(=O)=O)S(C)(=O)=O)c(-c3ccccc3)cc12. The Labute approximate surface area is 242 Å². The van der Waals surface area contributed by atoms with Gasteiger partial charge in [0, 0.05) is 48.1 Å². The van der Waals surface area contributed by atoms with E-state index in [0.29, 0.717) is 33.5 Å². The summed E-state index contributed by atoms with van der Waals surface area (Å²) < 4.78 is 60.1. The zero-order valence-electron chi connectivity index (χ0n) is 24.2. The highest BCUT2D eigenvalue weighted by Gasteiger charge is 2.29. The van der Waals surface area contributed by atoms with Crippen molar-refractivity contribution in [3.05, 3.63) is 77.9 Å². The van der Waals surface area contributed by atoms with Crippen LogP contribution < -0.4 is 4.31 Å². The standard InChI is InChI=1S/C31H36N2O6S2/c1-7-28(34)30-26-19-25(23-11-9-8-10-12-23)27(20-29(26)39-31(30)24-15-13-22(4)14-16-24)33(41(6,37)38)18-17-32(21(2)3)40(5,35)36/h8-16,19-21H,7,17-18H2,1-6H3. The van der Waals surface area contributed by atoms with Crippen molar-refractivity contribution in [1.29, 1.82) is 0 Å². The van der Waals surface area contributed by atoms with Gasteiger partial charge in [-0.1, -0.05) is 67.1 Å². The zero-order chi connectivity index (χ0) is 30.1. The summed E-state index contributed by atoms with van der Waals surface area (Å²) in [6.45, 7) is 7.11. The van der Waals surface area contributed by atoms with Gasteiger partial charge in [0.2, 0.25) is 20.0 Å². The number of ketones is 1. The molecule has 0 N–H and O–H groups in total. The first-order valence-corrected chi connectivity index (χ1v) is 17.1. The number of benzene rings is 3. The molecule has 0 amide bonds. The Morgan fingerprint density at radius 2 is 1.49 bits per heavy atom. The lowest BCUT2D eigenvalue weighted by Gasteiger charge is -2.30. The lowest BCUT2D eigenvalue weighted by atomic mass is 9.96. The molecule has 218 valence electrons. The second kappa shape index (κ2) is 11.8. The van der Waals surface area contributed by atoms with E-state index in [-0.39, 0.29) is 31.3 Å². The van der Waals surface area contributed by atoms with Gasteiger partial charge >= 0.3 is 0 Å². The molecule has 0 saturated heterocycles. The van der Waals surface area contributed by atoms with E-state index in [1.165, 1.54) is 8.61 Å². The summed E-state index contributed by atoms with van der Waals surface area (Å²) in [5, 5.41) is 0.587. The minimum absolute atomic E-state index is 0.0395. The number of hydrogen-bond donors (Lipinski definition) is 0. The molecule has 0 bridgehead atoms. The van der Waals surface area contributed by atoms with Crippen molar-refractivity contribution in [3.8, 4) is 22.5 Å². The number of Topliss-reactive ketones (excluding diaryl/α,β-unsaturated/α-hetero) is 1. The normalized spacial score (nSPS) is 12.4. The first-order valence-electron chi connectivity index (χ1n) is 13.4. The maximum absolute atomic E-state index is 13.3. The van der Waals surface area contributed by atoms with Crippen LogP contribution in [0.2, 0.25) is 0 Å². The first-order chi connectivity index (χ1) is 19.2. The van der Waals surface area contributed by atoms with Crippen LogP contribution in [0.1, 0.15) is 43.1 Å². The largest absolute Gasteiger partial charge is 0.455 e. The number of rotatable bonds is 11. The minimum Gasteiger partial charge on any atom is -0.455 e. The molecular formula is C31H36N2O6S2. The van der Waals surface area contributed by atoms with Crippen LogP contribution in [0.25, 0.3) is 33.4 Å². The molecular weight excluding hydrogens is 560 g/mol. The summed E-state index contributed by atoms with van der Waals surface area (Å²) in [6.07, 6.45) is 2.47. The topological polar surface area (TPSA) is 105 Å². The lowest BCUT2D eigenvalue weighted by Crippen LogP contribution is -2.43. The Morgan fingerprint density at radius 1 is 0.854 bits per heavy atom. The lowest BCUT2D eigenvalue weighted by molar-refractivity contribution is 0.0989. The van der Waals surface area contributed by atoms with Gasteiger partial charge in [0.15, 0.2) is 5.78 Å². The minimum atomic E-state index is -3.86. The molecule has 0 atom stereocenters. The van der Waals surface area contributed by atoms with Crippen molar-refractivity contribution in [2.45, 2.75) is 40.2 Å². The number of sulfonamides is 2. The molecule has 0 fully saturated rings. The van der Waals surface area contributed by atoms with Gasteiger partial charge in [0.1, 0.15) is 11.3 Å². The Balaban J connectivity index is 2.00. The van der Waals surface area contributed by atoms with Gasteiger partial charge in [-0.3, -0.25) is 9.10 Å². The van der Waals surface area contributed by atoms with Gasteiger partial charge in [0.05, 0.1) is 23.8 Å². The molecule has 8 nitrogen and oxygen atoms in total. The molecule has 0 aliphatic rings. The van der Waals surface area contributed by atoms with E-state index < -0.39 is 20.0 Å². The maximum atomic E-state index is 13.3. The van der Waals surface area contributed by atoms with Gasteiger partial charge in [-0.25, -0.2) is 16.8 Å². The van der Waals surface area contributed by atoms with E-state index in [9.17, 15) is 21.6 Å². The summed E-state index contributed by atoms with van der Waals surface area (Å²) in [5.74, 6) is 0.337. The van der Waals surface area contributed by atoms with Gasteiger partial charge in [-0.05, 0) is 32.4 Å². The maximum Gasteiger partial charge on any atom is 0.232 e. The number of hydrogen-bond acceptors (Lipinski definition) is 6. The van der Waals surface area contributed by atoms with Crippen LogP contribution in [0.3, 0.4) is 0 Å². The third kappa shape index (κ3) is 6.55. The number of carbonyl (C=O) groups excluding carboxylic acids is 1. The van der Waals surface area contributed by atoms with E-state index in [1.807, 2.05) is 61.5 Å². The average molecular weight is 597 g/mol. The number of fused-ring (bicyclic) bond motifs is 1.